The molecule has 0 amide bonds. The van der Waals surface area contributed by atoms with Gasteiger partial charge in [-0.1, -0.05) is 30.8 Å². The van der Waals surface area contributed by atoms with Gasteiger partial charge in [-0.3, -0.25) is 0 Å². The van der Waals surface area contributed by atoms with Crippen LogP contribution in [0.2, 0.25) is 0 Å². The number of rotatable bonds is 4. The molecule has 1 aromatic carbocycles. The van der Waals surface area contributed by atoms with E-state index in [4.69, 9.17) is 11.0 Å². The van der Waals surface area contributed by atoms with Crippen LogP contribution in [0.1, 0.15) is 23.7 Å². The van der Waals surface area contributed by atoms with Crippen molar-refractivity contribution < 1.29 is 4.39 Å². The van der Waals surface area contributed by atoms with Crippen molar-refractivity contribution in [2.75, 3.05) is 11.5 Å². The Balaban J connectivity index is 2.38. The number of anilines is 1. The zero-order chi connectivity index (χ0) is 14.5. The smallest absolute Gasteiger partial charge is 0.189 e. The second-order valence-electron chi connectivity index (χ2n) is 4.06. The number of hydrogen-bond donors (Lipinski definition) is 1. The summed E-state index contributed by atoms with van der Waals surface area (Å²) >= 11 is 1.46. The summed E-state index contributed by atoms with van der Waals surface area (Å²) in [7, 11) is 0. The zero-order valence-corrected chi connectivity index (χ0v) is 11.7. The van der Waals surface area contributed by atoms with E-state index < -0.39 is 0 Å². The van der Waals surface area contributed by atoms with E-state index in [9.17, 15) is 4.39 Å². The summed E-state index contributed by atoms with van der Waals surface area (Å²) in [5.41, 5.74) is 7.52. The molecule has 1 aromatic heterocycles. The van der Waals surface area contributed by atoms with Crippen molar-refractivity contribution in [3.05, 3.63) is 46.9 Å². The van der Waals surface area contributed by atoms with Gasteiger partial charge < -0.3 is 5.73 Å². The van der Waals surface area contributed by atoms with Crippen LogP contribution < -0.4 is 5.73 Å². The first-order valence-electron chi connectivity index (χ1n) is 6.07. The molecule has 0 bridgehead atoms. The number of nitriles is 1. The number of nitrogens with two attached hydrogens (primary N) is 1. The van der Waals surface area contributed by atoms with Crippen LogP contribution in [-0.4, -0.2) is 15.7 Å². The van der Waals surface area contributed by atoms with Gasteiger partial charge in [0.2, 0.25) is 0 Å². The van der Waals surface area contributed by atoms with Crippen LogP contribution in [0.3, 0.4) is 0 Å². The summed E-state index contributed by atoms with van der Waals surface area (Å²) in [4.78, 5) is 8.46. The van der Waals surface area contributed by atoms with Crippen molar-refractivity contribution in [1.29, 1.82) is 5.26 Å². The number of hydrogen-bond acceptors (Lipinski definition) is 5. The molecule has 0 aliphatic rings. The topological polar surface area (TPSA) is 75.6 Å². The van der Waals surface area contributed by atoms with Gasteiger partial charge in [0.05, 0.1) is 5.69 Å². The average Bonchev–Trinajstić information content (AvgIpc) is 2.42. The van der Waals surface area contributed by atoms with Crippen molar-refractivity contribution >= 4 is 17.6 Å². The fraction of sp³-hybridized carbons (Fsp3) is 0.214. The highest BCUT2D eigenvalue weighted by molar-refractivity contribution is 7.99. The van der Waals surface area contributed by atoms with Crippen molar-refractivity contribution in [3.8, 4) is 6.07 Å². The fourth-order valence-electron chi connectivity index (χ4n) is 1.74. The molecule has 2 N–H and O–H groups in total. The van der Waals surface area contributed by atoms with Gasteiger partial charge in [0.1, 0.15) is 23.3 Å². The molecule has 6 heteroatoms. The number of nitrogen functional groups attached to an aromatic ring is 1. The van der Waals surface area contributed by atoms with Gasteiger partial charge in [-0.15, -0.1) is 0 Å². The van der Waals surface area contributed by atoms with Gasteiger partial charge in [-0.2, -0.15) is 5.26 Å². The molecule has 2 aromatic rings. The SMILES string of the molecule is CCSc1nc(N)c(C#N)c(Cc2ccc(F)cc2)n1. The minimum absolute atomic E-state index is 0.190. The van der Waals surface area contributed by atoms with E-state index >= 15 is 0 Å². The van der Waals surface area contributed by atoms with Crippen LogP contribution in [0, 0.1) is 17.1 Å². The fourth-order valence-corrected chi connectivity index (χ4v) is 2.34. The number of aromatic nitrogens is 2. The normalized spacial score (nSPS) is 10.2. The van der Waals surface area contributed by atoms with Crippen molar-refractivity contribution in [1.82, 2.24) is 9.97 Å². The van der Waals surface area contributed by atoms with Crippen LogP contribution in [0.15, 0.2) is 29.4 Å². The van der Waals surface area contributed by atoms with E-state index in [1.165, 1.54) is 23.9 Å². The Morgan fingerprint density at radius 3 is 2.60 bits per heavy atom. The molecule has 0 saturated carbocycles. The highest BCUT2D eigenvalue weighted by Crippen LogP contribution is 2.21. The van der Waals surface area contributed by atoms with Crippen LogP contribution in [0.25, 0.3) is 0 Å². The first-order chi connectivity index (χ1) is 9.63. The third-order valence-corrected chi connectivity index (χ3v) is 3.39. The first-order valence-corrected chi connectivity index (χ1v) is 7.06. The highest BCUT2D eigenvalue weighted by Gasteiger charge is 2.13. The second kappa shape index (κ2) is 6.35. The molecule has 0 aliphatic heterocycles. The van der Waals surface area contributed by atoms with Crippen LogP contribution in [0.5, 0.6) is 0 Å². The number of halogens is 1. The second-order valence-corrected chi connectivity index (χ2v) is 5.29. The lowest BCUT2D eigenvalue weighted by Crippen LogP contribution is -2.06. The molecule has 102 valence electrons. The summed E-state index contributed by atoms with van der Waals surface area (Å²) < 4.78 is 12.9. The van der Waals surface area contributed by atoms with Crippen LogP contribution in [-0.2, 0) is 6.42 Å². The van der Waals surface area contributed by atoms with E-state index in [1.807, 2.05) is 13.0 Å². The van der Waals surface area contributed by atoms with Crippen LogP contribution in [0.4, 0.5) is 10.2 Å². The Hall–Kier alpha value is -2.13. The van der Waals surface area contributed by atoms with Crippen molar-refractivity contribution in [3.63, 3.8) is 0 Å². The maximum Gasteiger partial charge on any atom is 0.189 e. The number of thioether (sulfide) groups is 1. The highest BCUT2D eigenvalue weighted by atomic mass is 32.2. The van der Waals surface area contributed by atoms with Gasteiger partial charge in [-0.25, -0.2) is 14.4 Å². The molecule has 0 fully saturated rings. The lowest BCUT2D eigenvalue weighted by atomic mass is 10.1. The van der Waals surface area contributed by atoms with E-state index in [0.717, 1.165) is 11.3 Å². The molecule has 0 aliphatic carbocycles. The number of benzene rings is 1. The Morgan fingerprint density at radius 2 is 2.00 bits per heavy atom. The van der Waals surface area contributed by atoms with Crippen LogP contribution >= 0.6 is 11.8 Å². The van der Waals surface area contributed by atoms with Gasteiger partial charge in [0.15, 0.2) is 5.16 Å². The van der Waals surface area contributed by atoms with Gasteiger partial charge in [-0.05, 0) is 23.4 Å². The Kier molecular flexibility index (Phi) is 4.53. The molecule has 1 heterocycles. The quantitative estimate of drug-likeness (QED) is 0.691. The Bertz CT molecular complexity index is 649. The molecule has 0 saturated heterocycles. The maximum atomic E-state index is 12.9. The Labute approximate surface area is 120 Å². The largest absolute Gasteiger partial charge is 0.382 e. The summed E-state index contributed by atoms with van der Waals surface area (Å²) in [6, 6.07) is 8.13. The number of nitrogens with zero attached hydrogens (tertiary/aromatic N) is 3. The molecule has 2 rings (SSSR count). The molecule has 0 unspecified atom stereocenters. The molecular weight excluding hydrogens is 275 g/mol. The van der Waals surface area contributed by atoms with E-state index in [0.29, 0.717) is 17.3 Å². The van der Waals surface area contributed by atoms with Gasteiger partial charge in [0, 0.05) is 6.42 Å². The average molecular weight is 288 g/mol. The van der Waals surface area contributed by atoms with E-state index in [1.54, 1.807) is 12.1 Å². The van der Waals surface area contributed by atoms with Crippen molar-refractivity contribution in [2.45, 2.75) is 18.5 Å². The third kappa shape index (κ3) is 3.25. The molecule has 20 heavy (non-hydrogen) atoms. The van der Waals surface area contributed by atoms with Gasteiger partial charge in [0.25, 0.3) is 0 Å². The molecule has 0 spiro atoms. The molecule has 4 nitrogen and oxygen atoms in total. The standard InChI is InChI=1S/C14H13FN4S/c1-2-20-14-18-12(11(8-16)13(17)19-14)7-9-3-5-10(15)6-4-9/h3-6H,2,7H2,1H3,(H2,17,18,19). The Morgan fingerprint density at radius 1 is 1.30 bits per heavy atom. The van der Waals surface area contributed by atoms with E-state index in [2.05, 4.69) is 9.97 Å². The lowest BCUT2D eigenvalue weighted by molar-refractivity contribution is 0.627. The maximum absolute atomic E-state index is 12.9. The summed E-state index contributed by atoms with van der Waals surface area (Å²) in [6.45, 7) is 1.99. The summed E-state index contributed by atoms with van der Waals surface area (Å²) in [5, 5.41) is 9.72. The summed E-state index contributed by atoms with van der Waals surface area (Å²) in [6.07, 6.45) is 0.424. The first kappa shape index (κ1) is 14.3. The zero-order valence-electron chi connectivity index (χ0n) is 10.9. The lowest BCUT2D eigenvalue weighted by Gasteiger charge is -2.08. The van der Waals surface area contributed by atoms with E-state index in [-0.39, 0.29) is 17.2 Å². The molecular formula is C14H13FN4S. The molecule has 0 atom stereocenters. The van der Waals surface area contributed by atoms with Crippen molar-refractivity contribution in [2.24, 2.45) is 0 Å². The third-order valence-electron chi connectivity index (χ3n) is 2.66. The van der Waals surface area contributed by atoms with Gasteiger partial charge >= 0.3 is 0 Å². The minimum atomic E-state index is -0.293. The minimum Gasteiger partial charge on any atom is -0.382 e. The molecule has 0 radical (unpaired) electrons. The summed E-state index contributed by atoms with van der Waals surface area (Å²) in [5.74, 6) is 0.718. The monoisotopic (exact) mass is 288 g/mol. The predicted molar refractivity (Wildman–Crippen MR) is 76.8 cm³/mol. The predicted octanol–water partition coefficient (Wildman–Crippen LogP) is 2.77.